The van der Waals surface area contributed by atoms with Crippen molar-refractivity contribution in [3.63, 3.8) is 0 Å². The van der Waals surface area contributed by atoms with Gasteiger partial charge in [-0.05, 0) is 31.9 Å². The number of nitrogens with one attached hydrogen (secondary N) is 2. The summed E-state index contributed by atoms with van der Waals surface area (Å²) in [5, 5.41) is 5.97. The lowest BCUT2D eigenvalue weighted by molar-refractivity contribution is 0.0941. The standard InChI is InChI=1S/C15H25N3O2/c1-3-5-11-20-12-7-10-18-15(19)13-8-6-9-17-14(13)16-4-2/h6,8-9H,3-5,7,10-12H2,1-2H3,(H,16,17)(H,18,19). The predicted molar refractivity (Wildman–Crippen MR) is 81.1 cm³/mol. The molecule has 1 aromatic rings. The van der Waals surface area contributed by atoms with Crippen molar-refractivity contribution >= 4 is 11.7 Å². The van der Waals surface area contributed by atoms with Gasteiger partial charge in [-0.15, -0.1) is 0 Å². The van der Waals surface area contributed by atoms with Gasteiger partial charge < -0.3 is 15.4 Å². The first-order valence-electron chi connectivity index (χ1n) is 7.34. The number of anilines is 1. The molecule has 0 saturated carbocycles. The second-order valence-corrected chi connectivity index (χ2v) is 4.51. The molecule has 0 aromatic carbocycles. The monoisotopic (exact) mass is 279 g/mol. The Kier molecular flexibility index (Phi) is 8.38. The summed E-state index contributed by atoms with van der Waals surface area (Å²) in [4.78, 5) is 16.2. The van der Waals surface area contributed by atoms with E-state index in [1.54, 1.807) is 18.3 Å². The van der Waals surface area contributed by atoms with Crippen LogP contribution in [0.2, 0.25) is 0 Å². The molecule has 1 aromatic heterocycles. The van der Waals surface area contributed by atoms with Gasteiger partial charge in [0.2, 0.25) is 0 Å². The van der Waals surface area contributed by atoms with E-state index >= 15 is 0 Å². The number of pyridine rings is 1. The lowest BCUT2D eigenvalue weighted by Gasteiger charge is -2.10. The Labute approximate surface area is 121 Å². The van der Waals surface area contributed by atoms with Gasteiger partial charge in [0, 0.05) is 32.5 Å². The summed E-state index contributed by atoms with van der Waals surface area (Å²) in [7, 11) is 0. The summed E-state index contributed by atoms with van der Waals surface area (Å²) in [5.74, 6) is 0.536. The molecule has 0 bridgehead atoms. The molecule has 0 aliphatic carbocycles. The molecule has 1 amide bonds. The zero-order valence-electron chi connectivity index (χ0n) is 12.4. The summed E-state index contributed by atoms with van der Waals surface area (Å²) >= 11 is 0. The SMILES string of the molecule is CCCCOCCCNC(=O)c1cccnc1NCC. The Morgan fingerprint density at radius 1 is 1.30 bits per heavy atom. The molecule has 5 nitrogen and oxygen atoms in total. The maximum absolute atomic E-state index is 12.0. The molecule has 0 unspecified atom stereocenters. The maximum atomic E-state index is 12.0. The molecule has 0 aliphatic rings. The first kappa shape index (κ1) is 16.4. The van der Waals surface area contributed by atoms with Gasteiger partial charge in [-0.2, -0.15) is 0 Å². The van der Waals surface area contributed by atoms with Crippen LogP contribution in [0.1, 0.15) is 43.5 Å². The van der Waals surface area contributed by atoms with E-state index in [1.165, 1.54) is 0 Å². The third kappa shape index (κ3) is 6.02. The third-order valence-corrected chi connectivity index (χ3v) is 2.79. The minimum atomic E-state index is -0.0948. The molecule has 0 spiro atoms. The molecule has 0 radical (unpaired) electrons. The van der Waals surface area contributed by atoms with Crippen molar-refractivity contribution < 1.29 is 9.53 Å². The van der Waals surface area contributed by atoms with Gasteiger partial charge in [0.25, 0.3) is 5.91 Å². The number of hydrogen-bond acceptors (Lipinski definition) is 4. The van der Waals surface area contributed by atoms with Gasteiger partial charge in [-0.25, -0.2) is 4.98 Å². The van der Waals surface area contributed by atoms with Crippen LogP contribution in [0.5, 0.6) is 0 Å². The van der Waals surface area contributed by atoms with Gasteiger partial charge in [-0.1, -0.05) is 13.3 Å². The number of carbonyl (C=O) groups is 1. The highest BCUT2D eigenvalue weighted by Gasteiger charge is 2.10. The molecule has 1 rings (SSSR count). The van der Waals surface area contributed by atoms with E-state index in [9.17, 15) is 4.79 Å². The molecule has 5 heteroatoms. The van der Waals surface area contributed by atoms with E-state index in [1.807, 2.05) is 6.92 Å². The number of aromatic nitrogens is 1. The van der Waals surface area contributed by atoms with Crippen molar-refractivity contribution in [1.82, 2.24) is 10.3 Å². The van der Waals surface area contributed by atoms with Crippen molar-refractivity contribution in [3.8, 4) is 0 Å². The number of hydrogen-bond donors (Lipinski definition) is 2. The van der Waals surface area contributed by atoms with Gasteiger partial charge >= 0.3 is 0 Å². The van der Waals surface area contributed by atoms with Crippen molar-refractivity contribution in [2.45, 2.75) is 33.1 Å². The van der Waals surface area contributed by atoms with E-state index in [4.69, 9.17) is 4.74 Å². The normalized spacial score (nSPS) is 10.3. The second-order valence-electron chi connectivity index (χ2n) is 4.51. The lowest BCUT2D eigenvalue weighted by atomic mass is 10.2. The van der Waals surface area contributed by atoms with Crippen LogP contribution in [0, 0.1) is 0 Å². The lowest BCUT2D eigenvalue weighted by Crippen LogP contribution is -2.26. The van der Waals surface area contributed by atoms with Crippen LogP contribution in [0.25, 0.3) is 0 Å². The third-order valence-electron chi connectivity index (χ3n) is 2.79. The summed E-state index contributed by atoms with van der Waals surface area (Å²) < 4.78 is 5.45. The topological polar surface area (TPSA) is 63.2 Å². The maximum Gasteiger partial charge on any atom is 0.255 e. The van der Waals surface area contributed by atoms with E-state index < -0.39 is 0 Å². The van der Waals surface area contributed by atoms with Crippen LogP contribution >= 0.6 is 0 Å². The first-order chi connectivity index (χ1) is 9.79. The molecule has 112 valence electrons. The van der Waals surface area contributed by atoms with Crippen molar-refractivity contribution in [2.75, 3.05) is 31.6 Å². The molecule has 0 atom stereocenters. The Balaban J connectivity index is 2.29. The molecule has 0 fully saturated rings. The summed E-state index contributed by atoms with van der Waals surface area (Å²) in [6.07, 6.45) is 4.74. The van der Waals surface area contributed by atoms with Crippen molar-refractivity contribution in [2.24, 2.45) is 0 Å². The van der Waals surface area contributed by atoms with Gasteiger partial charge in [0.15, 0.2) is 0 Å². The number of amides is 1. The number of carbonyl (C=O) groups excluding carboxylic acids is 1. The van der Waals surface area contributed by atoms with Gasteiger partial charge in [0.1, 0.15) is 5.82 Å². The van der Waals surface area contributed by atoms with Crippen LogP contribution in [0.3, 0.4) is 0 Å². The number of unbranched alkanes of at least 4 members (excludes halogenated alkanes) is 1. The Bertz CT molecular complexity index is 396. The fourth-order valence-electron chi connectivity index (χ4n) is 1.72. The summed E-state index contributed by atoms with van der Waals surface area (Å²) in [5.41, 5.74) is 0.584. The molecular weight excluding hydrogens is 254 g/mol. The second kappa shape index (κ2) is 10.2. The number of ether oxygens (including phenoxy) is 1. The highest BCUT2D eigenvalue weighted by Crippen LogP contribution is 2.10. The van der Waals surface area contributed by atoms with Crippen molar-refractivity contribution in [3.05, 3.63) is 23.9 Å². The Morgan fingerprint density at radius 3 is 2.85 bits per heavy atom. The number of nitrogens with zero attached hydrogens (tertiary/aromatic N) is 1. The molecule has 20 heavy (non-hydrogen) atoms. The van der Waals surface area contributed by atoms with E-state index in [0.717, 1.165) is 32.4 Å². The minimum Gasteiger partial charge on any atom is -0.381 e. The van der Waals surface area contributed by atoms with E-state index in [-0.39, 0.29) is 5.91 Å². The molecule has 2 N–H and O–H groups in total. The highest BCUT2D eigenvalue weighted by molar-refractivity contribution is 5.98. The smallest absolute Gasteiger partial charge is 0.255 e. The zero-order chi connectivity index (χ0) is 14.6. The highest BCUT2D eigenvalue weighted by atomic mass is 16.5. The quantitative estimate of drug-likeness (QED) is 0.646. The van der Waals surface area contributed by atoms with Gasteiger partial charge in [-0.3, -0.25) is 4.79 Å². The average Bonchev–Trinajstić information content (AvgIpc) is 2.47. The molecule has 1 heterocycles. The molecule has 0 aliphatic heterocycles. The van der Waals surface area contributed by atoms with E-state index in [2.05, 4.69) is 22.5 Å². The summed E-state index contributed by atoms with van der Waals surface area (Å²) in [6, 6.07) is 3.54. The molecular formula is C15H25N3O2. The molecule has 0 saturated heterocycles. The van der Waals surface area contributed by atoms with Crippen LogP contribution in [-0.4, -0.2) is 37.2 Å². The summed E-state index contributed by atoms with van der Waals surface area (Å²) in [6.45, 7) is 6.96. The van der Waals surface area contributed by atoms with Crippen LogP contribution in [0.15, 0.2) is 18.3 Å². The van der Waals surface area contributed by atoms with Crippen LogP contribution in [-0.2, 0) is 4.74 Å². The van der Waals surface area contributed by atoms with Gasteiger partial charge in [0.05, 0.1) is 5.56 Å². The minimum absolute atomic E-state index is 0.0948. The van der Waals surface area contributed by atoms with Crippen molar-refractivity contribution in [1.29, 1.82) is 0 Å². The van der Waals surface area contributed by atoms with E-state index in [0.29, 0.717) is 24.5 Å². The van der Waals surface area contributed by atoms with Crippen LogP contribution < -0.4 is 10.6 Å². The number of rotatable bonds is 10. The average molecular weight is 279 g/mol. The fraction of sp³-hybridized carbons (Fsp3) is 0.600. The Morgan fingerprint density at radius 2 is 2.10 bits per heavy atom. The van der Waals surface area contributed by atoms with Crippen LogP contribution in [0.4, 0.5) is 5.82 Å². The zero-order valence-corrected chi connectivity index (χ0v) is 12.4. The fourth-order valence-corrected chi connectivity index (χ4v) is 1.72. The largest absolute Gasteiger partial charge is 0.381 e. The predicted octanol–water partition coefficient (Wildman–Crippen LogP) is 2.45. The Hall–Kier alpha value is -1.62. The first-order valence-corrected chi connectivity index (χ1v) is 7.34.